The average molecular weight is 495 g/mol. The van der Waals surface area contributed by atoms with Crippen LogP contribution in [0.15, 0.2) is 41.3 Å². The SMILES string of the molecule is COc1ccc(C2CCCN2C(=O)C2CCN(S(=O)(=O)c3ccc(F)c(F)c3)CC2)c(OC)c1. The molecule has 184 valence electrons. The van der Waals surface area contributed by atoms with Gasteiger partial charge < -0.3 is 14.4 Å². The molecule has 0 radical (unpaired) electrons. The van der Waals surface area contributed by atoms with Crippen LogP contribution in [0.3, 0.4) is 0 Å². The summed E-state index contributed by atoms with van der Waals surface area (Å²) in [6, 6.07) is 8.02. The Morgan fingerprint density at radius 3 is 2.32 bits per heavy atom. The van der Waals surface area contributed by atoms with Crippen LogP contribution in [0.5, 0.6) is 11.5 Å². The molecular weight excluding hydrogens is 466 g/mol. The fourth-order valence-electron chi connectivity index (χ4n) is 4.81. The molecule has 7 nitrogen and oxygen atoms in total. The number of likely N-dealkylation sites (tertiary alicyclic amines) is 1. The number of nitrogens with zero attached hydrogens (tertiary/aromatic N) is 2. The second kappa shape index (κ2) is 9.87. The summed E-state index contributed by atoms with van der Waals surface area (Å²) in [5.74, 6) is -1.27. The number of sulfonamides is 1. The summed E-state index contributed by atoms with van der Waals surface area (Å²) in [4.78, 5) is 15.0. The van der Waals surface area contributed by atoms with Gasteiger partial charge in [-0.3, -0.25) is 4.79 Å². The second-order valence-corrected chi connectivity index (χ2v) is 10.5. The van der Waals surface area contributed by atoms with Crippen LogP contribution in [-0.2, 0) is 14.8 Å². The zero-order valence-corrected chi connectivity index (χ0v) is 20.0. The number of carbonyl (C=O) groups is 1. The molecule has 1 amide bonds. The Hall–Kier alpha value is -2.72. The van der Waals surface area contributed by atoms with Crippen LogP contribution in [0.2, 0.25) is 0 Å². The van der Waals surface area contributed by atoms with E-state index in [1.165, 1.54) is 4.31 Å². The van der Waals surface area contributed by atoms with Gasteiger partial charge in [-0.15, -0.1) is 0 Å². The van der Waals surface area contributed by atoms with Crippen molar-refractivity contribution in [3.8, 4) is 11.5 Å². The number of benzene rings is 2. The molecule has 0 spiro atoms. The smallest absolute Gasteiger partial charge is 0.243 e. The minimum Gasteiger partial charge on any atom is -0.497 e. The molecule has 10 heteroatoms. The molecule has 34 heavy (non-hydrogen) atoms. The molecule has 0 aromatic heterocycles. The standard InChI is InChI=1S/C24H28F2N2O5S/c1-32-17-5-7-19(23(14-17)33-2)22-4-3-11-28(22)24(29)16-9-12-27(13-10-16)34(30,31)18-6-8-20(25)21(26)15-18/h5-8,14-16,22H,3-4,9-13H2,1-2H3. The van der Waals surface area contributed by atoms with Crippen molar-refractivity contribution < 1.29 is 31.5 Å². The Morgan fingerprint density at radius 2 is 1.68 bits per heavy atom. The number of rotatable bonds is 6. The van der Waals surface area contributed by atoms with Crippen molar-refractivity contribution in [2.24, 2.45) is 5.92 Å². The normalized spacial score (nSPS) is 19.9. The zero-order valence-electron chi connectivity index (χ0n) is 19.2. The minimum atomic E-state index is -3.97. The van der Waals surface area contributed by atoms with Gasteiger partial charge in [0.05, 0.1) is 25.2 Å². The van der Waals surface area contributed by atoms with Gasteiger partial charge in [0.15, 0.2) is 11.6 Å². The second-order valence-electron chi connectivity index (χ2n) is 8.55. The molecule has 2 aromatic rings. The lowest BCUT2D eigenvalue weighted by molar-refractivity contribution is -0.137. The number of amides is 1. The fourth-order valence-corrected chi connectivity index (χ4v) is 6.29. The lowest BCUT2D eigenvalue weighted by Crippen LogP contribution is -2.44. The third-order valence-electron chi connectivity index (χ3n) is 6.67. The third kappa shape index (κ3) is 4.61. The van der Waals surface area contributed by atoms with Crippen LogP contribution < -0.4 is 9.47 Å². The van der Waals surface area contributed by atoms with Crippen LogP contribution in [-0.4, -0.2) is 57.4 Å². The van der Waals surface area contributed by atoms with E-state index in [1.807, 2.05) is 17.0 Å². The molecule has 0 bridgehead atoms. The van der Waals surface area contributed by atoms with Gasteiger partial charge in [-0.2, -0.15) is 4.31 Å². The summed E-state index contributed by atoms with van der Waals surface area (Å²) in [6.07, 6.45) is 2.42. The zero-order chi connectivity index (χ0) is 24.5. The van der Waals surface area contributed by atoms with Gasteiger partial charge in [-0.1, -0.05) is 0 Å². The summed E-state index contributed by atoms with van der Waals surface area (Å²) in [5.41, 5.74) is 0.924. The van der Waals surface area contributed by atoms with Gasteiger partial charge >= 0.3 is 0 Å². The monoisotopic (exact) mass is 494 g/mol. The molecule has 1 unspecified atom stereocenters. The third-order valence-corrected chi connectivity index (χ3v) is 8.56. The predicted molar refractivity (Wildman–Crippen MR) is 121 cm³/mol. The van der Waals surface area contributed by atoms with E-state index in [-0.39, 0.29) is 35.9 Å². The highest BCUT2D eigenvalue weighted by molar-refractivity contribution is 7.89. The highest BCUT2D eigenvalue weighted by Gasteiger charge is 2.38. The predicted octanol–water partition coefficient (Wildman–Crippen LogP) is 3.75. The number of hydrogen-bond donors (Lipinski definition) is 0. The minimum absolute atomic E-state index is 0.00486. The van der Waals surface area contributed by atoms with Crippen molar-refractivity contribution in [2.45, 2.75) is 36.6 Å². The highest BCUT2D eigenvalue weighted by atomic mass is 32.2. The van der Waals surface area contributed by atoms with Gasteiger partial charge in [-0.05, 0) is 56.0 Å². The Labute approximate surface area is 198 Å². The van der Waals surface area contributed by atoms with Gasteiger partial charge in [0.25, 0.3) is 0 Å². The van der Waals surface area contributed by atoms with Crippen molar-refractivity contribution in [3.63, 3.8) is 0 Å². The van der Waals surface area contributed by atoms with E-state index in [0.717, 1.165) is 30.5 Å². The molecule has 2 aromatic carbocycles. The van der Waals surface area contributed by atoms with Crippen LogP contribution in [0.25, 0.3) is 0 Å². The van der Waals surface area contributed by atoms with E-state index in [4.69, 9.17) is 9.47 Å². The maximum atomic E-state index is 13.6. The molecule has 4 rings (SSSR count). The first kappa shape index (κ1) is 24.4. The number of hydrogen-bond acceptors (Lipinski definition) is 5. The van der Waals surface area contributed by atoms with E-state index in [1.54, 1.807) is 20.3 Å². The lowest BCUT2D eigenvalue weighted by atomic mass is 9.95. The van der Waals surface area contributed by atoms with Crippen molar-refractivity contribution in [1.82, 2.24) is 9.21 Å². The maximum absolute atomic E-state index is 13.6. The molecule has 1 atom stereocenters. The van der Waals surface area contributed by atoms with Crippen LogP contribution in [0.1, 0.15) is 37.3 Å². The number of ether oxygens (including phenoxy) is 2. The Morgan fingerprint density at radius 1 is 0.941 bits per heavy atom. The number of carbonyl (C=O) groups excluding carboxylic acids is 1. The highest BCUT2D eigenvalue weighted by Crippen LogP contribution is 2.40. The summed E-state index contributed by atoms with van der Waals surface area (Å²) in [6.45, 7) is 0.913. The number of methoxy groups -OCH3 is 2. The van der Waals surface area contributed by atoms with Gasteiger partial charge in [-0.25, -0.2) is 17.2 Å². The summed E-state index contributed by atoms with van der Waals surface area (Å²) >= 11 is 0. The first-order valence-electron chi connectivity index (χ1n) is 11.2. The van der Waals surface area contributed by atoms with Gasteiger partial charge in [0.2, 0.25) is 15.9 Å². The van der Waals surface area contributed by atoms with E-state index in [2.05, 4.69) is 0 Å². The first-order valence-corrected chi connectivity index (χ1v) is 12.7. The van der Waals surface area contributed by atoms with Crippen LogP contribution in [0.4, 0.5) is 8.78 Å². The molecule has 2 saturated heterocycles. The summed E-state index contributed by atoms with van der Waals surface area (Å²) < 4.78 is 64.6. The fraction of sp³-hybridized carbons (Fsp3) is 0.458. The van der Waals surface area contributed by atoms with Gasteiger partial charge in [0.1, 0.15) is 11.5 Å². The molecule has 0 aliphatic carbocycles. The molecular formula is C24H28F2N2O5S. The largest absolute Gasteiger partial charge is 0.497 e. The Bertz CT molecular complexity index is 1170. The van der Waals surface area contributed by atoms with Crippen molar-refractivity contribution >= 4 is 15.9 Å². The van der Waals surface area contributed by atoms with E-state index >= 15 is 0 Å². The van der Waals surface area contributed by atoms with Gasteiger partial charge in [0, 0.05) is 37.2 Å². The topological polar surface area (TPSA) is 76.2 Å². The van der Waals surface area contributed by atoms with Crippen LogP contribution >= 0.6 is 0 Å². The van der Waals surface area contributed by atoms with Crippen molar-refractivity contribution in [2.75, 3.05) is 33.9 Å². The number of halogens is 2. The molecule has 0 saturated carbocycles. The van der Waals surface area contributed by atoms with Crippen molar-refractivity contribution in [3.05, 3.63) is 53.6 Å². The first-order chi connectivity index (χ1) is 16.3. The summed E-state index contributed by atoms with van der Waals surface area (Å²) in [7, 11) is -0.797. The number of piperidine rings is 1. The molecule has 2 aliphatic rings. The molecule has 0 N–H and O–H groups in total. The quantitative estimate of drug-likeness (QED) is 0.612. The summed E-state index contributed by atoms with van der Waals surface area (Å²) in [5, 5.41) is 0. The maximum Gasteiger partial charge on any atom is 0.243 e. The Kier molecular flexibility index (Phi) is 7.09. The lowest BCUT2D eigenvalue weighted by Gasteiger charge is -2.34. The molecule has 2 aliphatic heterocycles. The molecule has 2 fully saturated rings. The van der Waals surface area contributed by atoms with E-state index in [0.29, 0.717) is 37.0 Å². The average Bonchev–Trinajstić information content (AvgIpc) is 3.34. The Balaban J connectivity index is 1.45. The van der Waals surface area contributed by atoms with Crippen molar-refractivity contribution in [1.29, 1.82) is 0 Å². The van der Waals surface area contributed by atoms with E-state index in [9.17, 15) is 22.0 Å². The molecule has 2 heterocycles. The van der Waals surface area contributed by atoms with E-state index < -0.39 is 21.7 Å². The van der Waals surface area contributed by atoms with Crippen LogP contribution in [0, 0.1) is 17.6 Å².